The first-order valence-corrected chi connectivity index (χ1v) is 8.30. The van der Waals surface area contributed by atoms with Gasteiger partial charge in [-0.25, -0.2) is 4.98 Å². The summed E-state index contributed by atoms with van der Waals surface area (Å²) in [4.78, 5) is 18.2. The second-order valence-electron chi connectivity index (χ2n) is 5.95. The van der Waals surface area contributed by atoms with Crippen molar-refractivity contribution < 1.29 is 9.90 Å². The molecule has 112 valence electrons. The van der Waals surface area contributed by atoms with Crippen LogP contribution in [0.1, 0.15) is 56.7 Å². The van der Waals surface area contributed by atoms with Crippen molar-refractivity contribution in [3.05, 3.63) is 16.1 Å². The number of nitrogens with zero attached hydrogens (tertiary/aromatic N) is 2. The van der Waals surface area contributed by atoms with Gasteiger partial charge in [0.05, 0.1) is 10.7 Å². The van der Waals surface area contributed by atoms with Crippen LogP contribution >= 0.6 is 11.3 Å². The van der Waals surface area contributed by atoms with Crippen molar-refractivity contribution in [3.8, 4) is 0 Å². The third kappa shape index (κ3) is 3.58. The molecule has 1 aromatic heterocycles. The first-order valence-electron chi connectivity index (χ1n) is 7.42. The van der Waals surface area contributed by atoms with Crippen LogP contribution in [0.15, 0.2) is 5.38 Å². The molecule has 1 aromatic rings. The molecule has 0 spiro atoms. The SMILES string of the molecule is CCC1CCN(Cc2csc(C(C)C)n2)C(C(=O)O)C1. The summed E-state index contributed by atoms with van der Waals surface area (Å²) in [5.41, 5.74) is 1.01. The predicted octanol–water partition coefficient (Wildman–Crippen LogP) is 3.34. The number of piperidine rings is 1. The van der Waals surface area contributed by atoms with Gasteiger partial charge in [0.25, 0.3) is 0 Å². The zero-order chi connectivity index (χ0) is 14.7. The highest BCUT2D eigenvalue weighted by Crippen LogP contribution is 2.28. The minimum Gasteiger partial charge on any atom is -0.480 e. The molecule has 0 bridgehead atoms. The summed E-state index contributed by atoms with van der Waals surface area (Å²) < 4.78 is 0. The summed E-state index contributed by atoms with van der Waals surface area (Å²) in [6.07, 6.45) is 2.94. The van der Waals surface area contributed by atoms with E-state index in [4.69, 9.17) is 0 Å². The fraction of sp³-hybridized carbons (Fsp3) is 0.733. The highest BCUT2D eigenvalue weighted by molar-refractivity contribution is 7.09. The Balaban J connectivity index is 2.04. The number of rotatable bonds is 5. The van der Waals surface area contributed by atoms with Gasteiger partial charge in [0.15, 0.2) is 0 Å². The lowest BCUT2D eigenvalue weighted by Crippen LogP contribution is -2.46. The van der Waals surface area contributed by atoms with Crippen LogP contribution in [0.5, 0.6) is 0 Å². The number of thiazole rings is 1. The van der Waals surface area contributed by atoms with Gasteiger partial charge in [-0.1, -0.05) is 27.2 Å². The number of carboxylic acids is 1. The molecule has 0 amide bonds. The van der Waals surface area contributed by atoms with E-state index in [1.165, 1.54) is 0 Å². The summed E-state index contributed by atoms with van der Waals surface area (Å²) in [5.74, 6) is 0.298. The van der Waals surface area contributed by atoms with Crippen molar-refractivity contribution in [3.63, 3.8) is 0 Å². The lowest BCUT2D eigenvalue weighted by atomic mass is 9.89. The van der Waals surface area contributed by atoms with E-state index in [0.717, 1.165) is 36.5 Å². The molecule has 1 aliphatic heterocycles. The Labute approximate surface area is 124 Å². The van der Waals surface area contributed by atoms with E-state index in [2.05, 4.69) is 36.0 Å². The van der Waals surface area contributed by atoms with E-state index in [-0.39, 0.29) is 6.04 Å². The van der Waals surface area contributed by atoms with Crippen LogP contribution in [0.3, 0.4) is 0 Å². The quantitative estimate of drug-likeness (QED) is 0.905. The van der Waals surface area contributed by atoms with Crippen molar-refractivity contribution in [2.75, 3.05) is 6.54 Å². The minimum absolute atomic E-state index is 0.349. The molecule has 0 aliphatic carbocycles. The molecule has 1 fully saturated rings. The van der Waals surface area contributed by atoms with Gasteiger partial charge in [0, 0.05) is 17.8 Å². The first kappa shape index (κ1) is 15.4. The normalized spacial score (nSPS) is 24.2. The Morgan fingerprint density at radius 3 is 2.90 bits per heavy atom. The number of hydrogen-bond acceptors (Lipinski definition) is 4. The van der Waals surface area contributed by atoms with Crippen molar-refractivity contribution in [1.29, 1.82) is 0 Å². The van der Waals surface area contributed by atoms with Gasteiger partial charge in [0.2, 0.25) is 0 Å². The fourth-order valence-electron chi connectivity index (χ4n) is 2.77. The average Bonchev–Trinajstić information content (AvgIpc) is 2.87. The molecule has 20 heavy (non-hydrogen) atoms. The molecule has 1 saturated heterocycles. The zero-order valence-electron chi connectivity index (χ0n) is 12.5. The minimum atomic E-state index is -0.692. The van der Waals surface area contributed by atoms with E-state index < -0.39 is 5.97 Å². The topological polar surface area (TPSA) is 53.4 Å². The molecular weight excluding hydrogens is 272 g/mol. The monoisotopic (exact) mass is 296 g/mol. The molecule has 2 atom stereocenters. The molecule has 2 rings (SSSR count). The predicted molar refractivity (Wildman–Crippen MR) is 81.1 cm³/mol. The van der Waals surface area contributed by atoms with Crippen LogP contribution in [0.2, 0.25) is 0 Å². The Morgan fingerprint density at radius 1 is 1.60 bits per heavy atom. The Morgan fingerprint density at radius 2 is 2.35 bits per heavy atom. The lowest BCUT2D eigenvalue weighted by molar-refractivity contribution is -0.145. The number of aliphatic carboxylic acids is 1. The van der Waals surface area contributed by atoms with Crippen LogP contribution in [0.25, 0.3) is 0 Å². The zero-order valence-corrected chi connectivity index (χ0v) is 13.3. The largest absolute Gasteiger partial charge is 0.480 e. The molecule has 5 heteroatoms. The summed E-state index contributed by atoms with van der Waals surface area (Å²) in [7, 11) is 0. The fourth-order valence-corrected chi connectivity index (χ4v) is 3.60. The maximum absolute atomic E-state index is 11.5. The van der Waals surface area contributed by atoms with E-state index in [1.807, 2.05) is 0 Å². The van der Waals surface area contributed by atoms with Gasteiger partial charge in [-0.2, -0.15) is 0 Å². The number of carbonyl (C=O) groups is 1. The molecular formula is C15H24N2O2S. The molecule has 1 N–H and O–H groups in total. The third-order valence-corrected chi connectivity index (χ3v) is 5.31. The molecule has 4 nitrogen and oxygen atoms in total. The van der Waals surface area contributed by atoms with E-state index >= 15 is 0 Å². The molecule has 1 aliphatic rings. The van der Waals surface area contributed by atoms with Gasteiger partial charge >= 0.3 is 5.97 Å². The Kier molecular flexibility index (Phi) is 5.16. The molecule has 2 unspecified atom stereocenters. The number of hydrogen-bond donors (Lipinski definition) is 1. The Hall–Kier alpha value is -0.940. The number of carboxylic acid groups (broad SMARTS) is 1. The number of aromatic nitrogens is 1. The van der Waals surface area contributed by atoms with Gasteiger partial charge in [0.1, 0.15) is 6.04 Å². The standard InChI is InChI=1S/C15H24N2O2S/c1-4-11-5-6-17(13(7-11)15(18)19)8-12-9-20-14(16-12)10(2)3/h9-11,13H,4-8H2,1-3H3,(H,18,19). The number of likely N-dealkylation sites (tertiary alicyclic amines) is 1. The highest BCUT2D eigenvalue weighted by Gasteiger charge is 2.32. The van der Waals surface area contributed by atoms with E-state index in [0.29, 0.717) is 18.4 Å². The summed E-state index contributed by atoms with van der Waals surface area (Å²) in [6, 6.07) is -0.349. The highest BCUT2D eigenvalue weighted by atomic mass is 32.1. The van der Waals surface area contributed by atoms with Crippen LogP contribution in [0, 0.1) is 5.92 Å². The van der Waals surface area contributed by atoms with Crippen molar-refractivity contribution in [2.45, 2.75) is 58.5 Å². The van der Waals surface area contributed by atoms with Crippen LogP contribution in [-0.2, 0) is 11.3 Å². The van der Waals surface area contributed by atoms with Gasteiger partial charge in [-0.15, -0.1) is 11.3 Å². The van der Waals surface area contributed by atoms with Gasteiger partial charge < -0.3 is 5.11 Å². The van der Waals surface area contributed by atoms with Crippen LogP contribution < -0.4 is 0 Å². The first-order chi connectivity index (χ1) is 9.51. The van der Waals surface area contributed by atoms with Crippen LogP contribution in [-0.4, -0.2) is 33.5 Å². The second kappa shape index (κ2) is 6.68. The second-order valence-corrected chi connectivity index (χ2v) is 6.84. The third-order valence-electron chi connectivity index (χ3n) is 4.11. The molecule has 0 saturated carbocycles. The summed E-state index contributed by atoms with van der Waals surface area (Å²) in [5, 5.41) is 12.6. The van der Waals surface area contributed by atoms with Crippen molar-refractivity contribution in [2.24, 2.45) is 5.92 Å². The van der Waals surface area contributed by atoms with E-state index in [9.17, 15) is 9.90 Å². The van der Waals surface area contributed by atoms with Crippen molar-refractivity contribution in [1.82, 2.24) is 9.88 Å². The average molecular weight is 296 g/mol. The smallest absolute Gasteiger partial charge is 0.320 e. The molecule has 0 radical (unpaired) electrons. The van der Waals surface area contributed by atoms with Gasteiger partial charge in [-0.05, 0) is 25.3 Å². The summed E-state index contributed by atoms with van der Waals surface area (Å²) >= 11 is 1.68. The molecule has 0 aromatic carbocycles. The van der Waals surface area contributed by atoms with Gasteiger partial charge in [-0.3, -0.25) is 9.69 Å². The van der Waals surface area contributed by atoms with E-state index in [1.54, 1.807) is 11.3 Å². The maximum Gasteiger partial charge on any atom is 0.320 e. The lowest BCUT2D eigenvalue weighted by Gasteiger charge is -2.36. The van der Waals surface area contributed by atoms with Crippen LogP contribution in [0.4, 0.5) is 0 Å². The Bertz CT molecular complexity index is 458. The maximum atomic E-state index is 11.5. The summed E-state index contributed by atoms with van der Waals surface area (Å²) in [6.45, 7) is 7.94. The molecule has 2 heterocycles. The van der Waals surface area contributed by atoms with Crippen molar-refractivity contribution >= 4 is 17.3 Å².